The topological polar surface area (TPSA) is 126 Å². The zero-order chi connectivity index (χ0) is 26.4. The number of carbonyl (C=O) groups excluding carboxylic acids is 1. The summed E-state index contributed by atoms with van der Waals surface area (Å²) in [6, 6.07) is 12.8. The monoisotopic (exact) mass is 495 g/mol. The van der Waals surface area contributed by atoms with E-state index in [0.717, 1.165) is 36.7 Å². The van der Waals surface area contributed by atoms with E-state index >= 15 is 0 Å². The van der Waals surface area contributed by atoms with Gasteiger partial charge in [0.15, 0.2) is 6.29 Å². The number of carbonyl (C=O) groups is 1. The van der Waals surface area contributed by atoms with Crippen LogP contribution >= 0.6 is 0 Å². The van der Waals surface area contributed by atoms with Gasteiger partial charge in [-0.05, 0) is 66.3 Å². The van der Waals surface area contributed by atoms with Gasteiger partial charge in [-0.25, -0.2) is 0 Å². The molecular formula is C28H37N3O5. The number of aliphatic hydroxyl groups is 3. The number of nitrogens with zero attached hydrogens (tertiary/aromatic N) is 2. The third-order valence-electron chi connectivity index (χ3n) is 6.74. The van der Waals surface area contributed by atoms with Crippen molar-refractivity contribution in [2.45, 2.75) is 77.6 Å². The lowest BCUT2D eigenvalue weighted by Gasteiger charge is -2.40. The number of nitriles is 1. The van der Waals surface area contributed by atoms with Crippen molar-refractivity contribution < 1.29 is 24.9 Å². The summed E-state index contributed by atoms with van der Waals surface area (Å²) in [4.78, 5) is 15.3. The highest BCUT2D eigenvalue weighted by molar-refractivity contribution is 6.05. The van der Waals surface area contributed by atoms with Crippen molar-refractivity contribution in [1.82, 2.24) is 5.32 Å². The summed E-state index contributed by atoms with van der Waals surface area (Å²) >= 11 is 0. The van der Waals surface area contributed by atoms with Gasteiger partial charge in [-0.3, -0.25) is 4.79 Å². The van der Waals surface area contributed by atoms with E-state index in [1.165, 1.54) is 5.69 Å². The number of allylic oxidation sites excluding steroid dienone is 1. The number of amides is 1. The minimum absolute atomic E-state index is 0.144. The van der Waals surface area contributed by atoms with E-state index in [1.807, 2.05) is 30.3 Å². The molecule has 0 bridgehead atoms. The molecule has 36 heavy (non-hydrogen) atoms. The molecule has 0 spiro atoms. The Bertz CT molecular complexity index is 1140. The first-order valence-electron chi connectivity index (χ1n) is 12.7. The quantitative estimate of drug-likeness (QED) is 0.311. The minimum atomic E-state index is -1.51. The van der Waals surface area contributed by atoms with Crippen LogP contribution < -0.4 is 10.2 Å². The van der Waals surface area contributed by atoms with Gasteiger partial charge in [0.25, 0.3) is 5.91 Å². The van der Waals surface area contributed by atoms with Gasteiger partial charge in [-0.2, -0.15) is 5.26 Å². The highest BCUT2D eigenvalue weighted by Crippen LogP contribution is 2.28. The SMILES string of the molecule is CCCN(CCC)c1ccc2cc(/C(C)=C(\C#N)C(=O)N[C@H]3C(O)O[C@H](CC)[C@@H](O)[C@@H]3O)ccc2c1. The lowest BCUT2D eigenvalue weighted by atomic mass is 9.94. The average molecular weight is 496 g/mol. The number of anilines is 1. The number of rotatable bonds is 9. The Labute approximate surface area is 212 Å². The molecule has 1 fully saturated rings. The molecular weight excluding hydrogens is 458 g/mol. The standard InChI is InChI=1S/C28H37N3O5/c1-5-12-31(13-6-2)21-11-10-19-14-18(8-9-20(19)15-21)17(4)22(16-29)27(34)30-24-26(33)25(32)23(7-3)36-28(24)35/h8-11,14-15,23-26,28,32-33,35H,5-7,12-13H2,1-4H3,(H,30,34)/b22-17+/t23-,24-,25-,26-,28?/m1/s1. The lowest BCUT2D eigenvalue weighted by molar-refractivity contribution is -0.247. The highest BCUT2D eigenvalue weighted by atomic mass is 16.6. The van der Waals surface area contributed by atoms with Crippen molar-refractivity contribution in [2.75, 3.05) is 18.0 Å². The second-order valence-electron chi connectivity index (χ2n) is 9.30. The van der Waals surface area contributed by atoms with Crippen LogP contribution in [0.15, 0.2) is 42.0 Å². The van der Waals surface area contributed by atoms with Crippen LogP contribution in [0.3, 0.4) is 0 Å². The van der Waals surface area contributed by atoms with E-state index in [0.29, 0.717) is 17.6 Å². The van der Waals surface area contributed by atoms with Gasteiger partial charge in [0.05, 0.1) is 6.10 Å². The Kier molecular flexibility index (Phi) is 9.46. The predicted molar refractivity (Wildman–Crippen MR) is 140 cm³/mol. The number of benzene rings is 2. The molecule has 0 aliphatic carbocycles. The van der Waals surface area contributed by atoms with Crippen molar-refractivity contribution in [1.29, 1.82) is 5.26 Å². The molecule has 5 atom stereocenters. The smallest absolute Gasteiger partial charge is 0.262 e. The first-order valence-corrected chi connectivity index (χ1v) is 12.7. The third-order valence-corrected chi connectivity index (χ3v) is 6.74. The number of hydrogen-bond donors (Lipinski definition) is 4. The number of ether oxygens (including phenoxy) is 1. The van der Waals surface area contributed by atoms with E-state index in [1.54, 1.807) is 13.8 Å². The first kappa shape index (κ1) is 27.6. The second kappa shape index (κ2) is 12.3. The summed E-state index contributed by atoms with van der Waals surface area (Å²) < 4.78 is 5.32. The van der Waals surface area contributed by atoms with Crippen LogP contribution in [0.1, 0.15) is 52.5 Å². The van der Waals surface area contributed by atoms with E-state index in [2.05, 4.69) is 36.2 Å². The minimum Gasteiger partial charge on any atom is -0.388 e. The Morgan fingerprint density at radius 1 is 1.03 bits per heavy atom. The fourth-order valence-electron chi connectivity index (χ4n) is 4.69. The second-order valence-corrected chi connectivity index (χ2v) is 9.30. The molecule has 1 amide bonds. The normalized spacial score (nSPS) is 24.7. The number of nitrogens with one attached hydrogen (secondary N) is 1. The fourth-order valence-corrected chi connectivity index (χ4v) is 4.69. The zero-order valence-electron chi connectivity index (χ0n) is 21.4. The maximum absolute atomic E-state index is 13.0. The highest BCUT2D eigenvalue weighted by Gasteiger charge is 2.44. The van der Waals surface area contributed by atoms with Gasteiger partial charge in [0.1, 0.15) is 29.9 Å². The number of aliphatic hydroxyl groups excluding tert-OH is 3. The fraction of sp³-hybridized carbons (Fsp3) is 0.500. The van der Waals surface area contributed by atoms with Crippen LogP contribution in [0.5, 0.6) is 0 Å². The third kappa shape index (κ3) is 5.88. The summed E-state index contributed by atoms with van der Waals surface area (Å²) in [5.41, 5.74) is 2.21. The van der Waals surface area contributed by atoms with Gasteiger partial charge in [0, 0.05) is 18.8 Å². The van der Waals surface area contributed by atoms with Crippen molar-refractivity contribution >= 4 is 27.9 Å². The molecule has 3 rings (SSSR count). The van der Waals surface area contributed by atoms with E-state index in [-0.39, 0.29) is 5.57 Å². The molecule has 194 valence electrons. The molecule has 0 aromatic heterocycles. The summed E-state index contributed by atoms with van der Waals surface area (Å²) in [6.45, 7) is 9.76. The largest absolute Gasteiger partial charge is 0.388 e. The maximum Gasteiger partial charge on any atom is 0.262 e. The van der Waals surface area contributed by atoms with Crippen LogP contribution in [0, 0.1) is 11.3 Å². The Morgan fingerprint density at radius 2 is 1.67 bits per heavy atom. The average Bonchev–Trinajstić information content (AvgIpc) is 2.88. The van der Waals surface area contributed by atoms with Crippen molar-refractivity contribution in [3.8, 4) is 6.07 Å². The molecule has 8 nitrogen and oxygen atoms in total. The molecule has 1 saturated heterocycles. The lowest BCUT2D eigenvalue weighted by Crippen LogP contribution is -2.63. The van der Waals surface area contributed by atoms with Crippen molar-refractivity contribution in [3.05, 3.63) is 47.5 Å². The van der Waals surface area contributed by atoms with Gasteiger partial charge in [0.2, 0.25) is 0 Å². The predicted octanol–water partition coefficient (Wildman–Crippen LogP) is 3.10. The molecule has 1 unspecified atom stereocenters. The van der Waals surface area contributed by atoms with Crippen LogP contribution in [0.2, 0.25) is 0 Å². The summed E-state index contributed by atoms with van der Waals surface area (Å²) in [5, 5.41) is 45.2. The van der Waals surface area contributed by atoms with E-state index in [4.69, 9.17) is 4.74 Å². The molecule has 0 saturated carbocycles. The zero-order valence-corrected chi connectivity index (χ0v) is 21.4. The molecule has 0 radical (unpaired) electrons. The first-order chi connectivity index (χ1) is 17.2. The van der Waals surface area contributed by atoms with E-state index < -0.39 is 36.6 Å². The molecule has 1 heterocycles. The molecule has 8 heteroatoms. The van der Waals surface area contributed by atoms with Crippen LogP contribution in [-0.4, -0.2) is 65.0 Å². The van der Waals surface area contributed by atoms with Gasteiger partial charge < -0.3 is 30.3 Å². The number of hydrogen-bond acceptors (Lipinski definition) is 7. The summed E-state index contributed by atoms with van der Waals surface area (Å²) in [6.07, 6.45) is -2.43. The van der Waals surface area contributed by atoms with Crippen molar-refractivity contribution in [3.63, 3.8) is 0 Å². The molecule has 4 N–H and O–H groups in total. The molecule has 2 aromatic carbocycles. The molecule has 2 aromatic rings. The van der Waals surface area contributed by atoms with Crippen molar-refractivity contribution in [2.24, 2.45) is 0 Å². The molecule has 1 aliphatic heterocycles. The van der Waals surface area contributed by atoms with Gasteiger partial charge in [-0.1, -0.05) is 39.0 Å². The van der Waals surface area contributed by atoms with Gasteiger partial charge in [-0.15, -0.1) is 0 Å². The number of fused-ring (bicyclic) bond motifs is 1. The molecule has 1 aliphatic rings. The Hall–Kier alpha value is -2.96. The Morgan fingerprint density at radius 3 is 2.28 bits per heavy atom. The van der Waals surface area contributed by atoms with Crippen LogP contribution in [-0.2, 0) is 9.53 Å². The summed E-state index contributed by atoms with van der Waals surface area (Å²) in [5.74, 6) is -0.755. The van der Waals surface area contributed by atoms with E-state index in [9.17, 15) is 25.4 Å². The van der Waals surface area contributed by atoms with Gasteiger partial charge >= 0.3 is 0 Å². The summed E-state index contributed by atoms with van der Waals surface area (Å²) in [7, 11) is 0. The Balaban J connectivity index is 1.85. The van der Waals surface area contributed by atoms with Crippen LogP contribution in [0.4, 0.5) is 5.69 Å². The maximum atomic E-state index is 13.0. The van der Waals surface area contributed by atoms with Crippen LogP contribution in [0.25, 0.3) is 16.3 Å².